The summed E-state index contributed by atoms with van der Waals surface area (Å²) in [6.45, 7) is 5.10. The van der Waals surface area contributed by atoms with Crippen LogP contribution in [0.25, 0.3) is 11.0 Å². The van der Waals surface area contributed by atoms with Crippen LogP contribution >= 0.6 is 0 Å². The number of carbonyl (C=O) groups is 1. The quantitative estimate of drug-likeness (QED) is 0.131. The molecule has 0 saturated carbocycles. The SMILES string of the molecule is CC(C)(CCn1ccc2cc(C(=O)NCc3cc(O)on3)cnc21)NC[C@H](O)c1cccc(NS(=O)(=O)c2ccccc2)c1. The van der Waals surface area contributed by atoms with Gasteiger partial charge >= 0.3 is 5.95 Å². The van der Waals surface area contributed by atoms with Gasteiger partial charge in [-0.2, -0.15) is 0 Å². The number of pyridine rings is 1. The Morgan fingerprint density at radius 3 is 2.61 bits per heavy atom. The Hall–Kier alpha value is -4.72. The van der Waals surface area contributed by atoms with E-state index in [0.717, 1.165) is 17.5 Å². The fourth-order valence-corrected chi connectivity index (χ4v) is 5.71. The van der Waals surface area contributed by atoms with E-state index in [9.17, 15) is 23.4 Å². The summed E-state index contributed by atoms with van der Waals surface area (Å²) in [6, 6.07) is 19.8. The maximum atomic E-state index is 12.7. The van der Waals surface area contributed by atoms with Gasteiger partial charge in [0.05, 0.1) is 23.1 Å². The topological polar surface area (TPSA) is 172 Å². The summed E-state index contributed by atoms with van der Waals surface area (Å²) in [4.78, 5) is 17.2. The minimum absolute atomic E-state index is 0.108. The largest absolute Gasteiger partial charge is 0.479 e. The van der Waals surface area contributed by atoms with Gasteiger partial charge in [0.1, 0.15) is 11.3 Å². The van der Waals surface area contributed by atoms with E-state index in [1.807, 2.05) is 30.7 Å². The Kier molecular flexibility index (Phi) is 8.99. The number of nitrogens with zero attached hydrogens (tertiary/aromatic N) is 3. The fourth-order valence-electron chi connectivity index (χ4n) is 4.64. The normalized spacial score (nSPS) is 12.7. The Balaban J connectivity index is 1.14. The van der Waals surface area contributed by atoms with Crippen LogP contribution in [0.4, 0.5) is 5.69 Å². The molecule has 1 amide bonds. The second-order valence-corrected chi connectivity index (χ2v) is 12.7. The van der Waals surface area contributed by atoms with Gasteiger partial charge in [0.15, 0.2) is 0 Å². The second-order valence-electron chi connectivity index (χ2n) is 11.1. The summed E-state index contributed by atoms with van der Waals surface area (Å²) in [6.07, 6.45) is 3.30. The van der Waals surface area contributed by atoms with Gasteiger partial charge in [-0.3, -0.25) is 9.52 Å². The summed E-state index contributed by atoms with van der Waals surface area (Å²) in [5.74, 6) is -0.636. The van der Waals surface area contributed by atoms with Gasteiger partial charge in [0, 0.05) is 48.2 Å². The first-order chi connectivity index (χ1) is 21.0. The first kappa shape index (κ1) is 30.7. The zero-order valence-electron chi connectivity index (χ0n) is 24.3. The van der Waals surface area contributed by atoms with Crippen molar-refractivity contribution in [2.45, 2.75) is 49.9 Å². The van der Waals surface area contributed by atoms with Gasteiger partial charge < -0.3 is 29.9 Å². The molecule has 0 unspecified atom stereocenters. The third-order valence-electron chi connectivity index (χ3n) is 7.17. The number of hydrogen-bond donors (Lipinski definition) is 5. The molecule has 0 aliphatic carbocycles. The zero-order valence-corrected chi connectivity index (χ0v) is 25.1. The number of aliphatic hydroxyl groups excluding tert-OH is 1. The van der Waals surface area contributed by atoms with Crippen molar-refractivity contribution in [3.8, 4) is 5.95 Å². The molecule has 230 valence electrons. The molecule has 0 saturated heterocycles. The molecule has 0 fully saturated rings. The van der Waals surface area contributed by atoms with Crippen LogP contribution in [0.15, 0.2) is 94.6 Å². The van der Waals surface area contributed by atoms with E-state index in [-0.39, 0.29) is 35.4 Å². The lowest BCUT2D eigenvalue weighted by Crippen LogP contribution is -2.42. The van der Waals surface area contributed by atoms with Crippen molar-refractivity contribution in [2.75, 3.05) is 11.3 Å². The number of nitrogens with one attached hydrogen (secondary N) is 3. The summed E-state index contributed by atoms with van der Waals surface area (Å²) in [5, 5.41) is 30.7. The Morgan fingerprint density at radius 2 is 1.86 bits per heavy atom. The fraction of sp³-hybridized carbons (Fsp3) is 0.258. The standard InChI is InChI=1S/C31H34N6O6S/c1-31(2,34-20-27(38)21-7-6-8-24(16-21)36-44(41,42)26-9-4-3-5-10-26)12-14-37-13-11-22-15-23(18-32-29(22)37)30(40)33-19-25-17-28(39)43-35-25/h3-11,13,15-18,27,34,36,38-39H,12,14,19-20H2,1-2H3,(H,33,40)/t27-/m0/s1. The number of benzene rings is 2. The molecular weight excluding hydrogens is 584 g/mol. The lowest BCUT2D eigenvalue weighted by Gasteiger charge is -2.28. The number of sulfonamides is 1. The van der Waals surface area contributed by atoms with Crippen molar-refractivity contribution in [3.63, 3.8) is 0 Å². The van der Waals surface area contributed by atoms with E-state index in [1.54, 1.807) is 48.5 Å². The molecule has 13 heteroatoms. The van der Waals surface area contributed by atoms with Gasteiger partial charge in [-0.15, -0.1) is 0 Å². The van der Waals surface area contributed by atoms with Crippen molar-refractivity contribution in [1.82, 2.24) is 25.3 Å². The number of anilines is 1. The molecule has 5 N–H and O–H groups in total. The number of rotatable bonds is 13. The molecule has 0 spiro atoms. The van der Waals surface area contributed by atoms with Gasteiger partial charge in [-0.1, -0.05) is 35.5 Å². The van der Waals surface area contributed by atoms with Crippen LogP contribution in [-0.4, -0.2) is 51.3 Å². The smallest absolute Gasteiger partial charge is 0.309 e. The number of aliphatic hydroxyl groups is 1. The van der Waals surface area contributed by atoms with Crippen molar-refractivity contribution in [3.05, 3.63) is 102 Å². The highest BCUT2D eigenvalue weighted by atomic mass is 32.2. The number of aromatic hydroxyl groups is 1. The molecular formula is C31H34N6O6S. The molecule has 5 rings (SSSR count). The lowest BCUT2D eigenvalue weighted by molar-refractivity contribution is 0.0950. The molecule has 0 aliphatic rings. The van der Waals surface area contributed by atoms with Crippen molar-refractivity contribution in [2.24, 2.45) is 0 Å². The van der Waals surface area contributed by atoms with E-state index >= 15 is 0 Å². The van der Waals surface area contributed by atoms with Crippen molar-refractivity contribution >= 4 is 32.7 Å². The van der Waals surface area contributed by atoms with E-state index in [2.05, 4.69) is 30.0 Å². The number of hydrogen-bond acceptors (Lipinski definition) is 9. The average molecular weight is 619 g/mol. The molecule has 0 bridgehead atoms. The lowest BCUT2D eigenvalue weighted by atomic mass is 9.99. The predicted octanol–water partition coefficient (Wildman–Crippen LogP) is 3.95. The first-order valence-corrected chi connectivity index (χ1v) is 15.5. The number of aryl methyl sites for hydroxylation is 1. The average Bonchev–Trinajstić information content (AvgIpc) is 3.63. The molecule has 2 aromatic carbocycles. The van der Waals surface area contributed by atoms with Crippen LogP contribution in [0.3, 0.4) is 0 Å². The molecule has 12 nitrogen and oxygen atoms in total. The number of fused-ring (bicyclic) bond motifs is 1. The highest BCUT2D eigenvalue weighted by Gasteiger charge is 2.21. The monoisotopic (exact) mass is 618 g/mol. The highest BCUT2D eigenvalue weighted by molar-refractivity contribution is 7.92. The Labute approximate surface area is 254 Å². The highest BCUT2D eigenvalue weighted by Crippen LogP contribution is 2.22. The summed E-state index contributed by atoms with van der Waals surface area (Å²) >= 11 is 0. The van der Waals surface area contributed by atoms with Crippen molar-refractivity contribution in [1.29, 1.82) is 0 Å². The zero-order chi connectivity index (χ0) is 31.3. The van der Waals surface area contributed by atoms with Crippen molar-refractivity contribution < 1.29 is 27.9 Å². The van der Waals surface area contributed by atoms with Crippen LogP contribution in [0.5, 0.6) is 5.95 Å². The maximum Gasteiger partial charge on any atom is 0.309 e. The third-order valence-corrected chi connectivity index (χ3v) is 8.57. The first-order valence-electron chi connectivity index (χ1n) is 14.0. The molecule has 0 radical (unpaired) electrons. The minimum Gasteiger partial charge on any atom is -0.479 e. The number of amides is 1. The summed E-state index contributed by atoms with van der Waals surface area (Å²) in [7, 11) is -3.74. The molecule has 1 atom stereocenters. The van der Waals surface area contributed by atoms with Crippen LogP contribution in [0, 0.1) is 0 Å². The second kappa shape index (κ2) is 12.9. The van der Waals surface area contributed by atoms with Gasteiger partial charge in [-0.05, 0) is 62.2 Å². The van der Waals surface area contributed by atoms with Gasteiger partial charge in [-0.25, -0.2) is 13.4 Å². The summed E-state index contributed by atoms with van der Waals surface area (Å²) < 4.78 is 34.6. The van der Waals surface area contributed by atoms with Gasteiger partial charge in [0.2, 0.25) is 0 Å². The van der Waals surface area contributed by atoms with Crippen LogP contribution in [0.1, 0.15) is 48.0 Å². The van der Waals surface area contributed by atoms with E-state index in [0.29, 0.717) is 29.1 Å². The van der Waals surface area contributed by atoms with E-state index in [1.165, 1.54) is 24.4 Å². The molecule has 3 heterocycles. The molecule has 5 aromatic rings. The van der Waals surface area contributed by atoms with Gasteiger partial charge in [0.25, 0.3) is 15.9 Å². The number of carbonyl (C=O) groups excluding carboxylic acids is 1. The predicted molar refractivity (Wildman–Crippen MR) is 164 cm³/mol. The van der Waals surface area contributed by atoms with Crippen LogP contribution < -0.4 is 15.4 Å². The molecule has 44 heavy (non-hydrogen) atoms. The van der Waals surface area contributed by atoms with E-state index < -0.39 is 16.1 Å². The number of β-amino-alcohol motifs (C(OH)–C–C–N with tert-alkyl or cyclic N) is 1. The third kappa shape index (κ3) is 7.61. The minimum atomic E-state index is -3.74. The Morgan fingerprint density at radius 1 is 1.07 bits per heavy atom. The van der Waals surface area contributed by atoms with Crippen LogP contribution in [0.2, 0.25) is 0 Å². The van der Waals surface area contributed by atoms with E-state index in [4.69, 9.17) is 0 Å². The maximum absolute atomic E-state index is 12.7. The molecule has 3 aromatic heterocycles. The Bertz CT molecular complexity index is 1850. The molecule has 0 aliphatic heterocycles. The number of aromatic nitrogens is 3. The summed E-state index contributed by atoms with van der Waals surface area (Å²) in [5.41, 5.74) is 2.15. The van der Waals surface area contributed by atoms with Crippen LogP contribution in [-0.2, 0) is 23.1 Å².